The van der Waals surface area contributed by atoms with Crippen LogP contribution in [0.15, 0.2) is 36.8 Å². The summed E-state index contributed by atoms with van der Waals surface area (Å²) in [5, 5.41) is 0. The first-order valence-corrected chi connectivity index (χ1v) is 5.30. The van der Waals surface area contributed by atoms with E-state index in [0.717, 1.165) is 22.3 Å². The van der Waals surface area contributed by atoms with Gasteiger partial charge in [0.05, 0.1) is 22.9 Å². The highest BCUT2D eigenvalue weighted by atomic mass is 19.1. The van der Waals surface area contributed by atoms with E-state index in [1.807, 2.05) is 13.0 Å². The van der Waals surface area contributed by atoms with Crippen LogP contribution in [0.5, 0.6) is 0 Å². The Kier molecular flexibility index (Phi) is 2.14. The Labute approximate surface area is 97.3 Å². The summed E-state index contributed by atoms with van der Waals surface area (Å²) in [5.41, 5.74) is 3.91. The summed E-state index contributed by atoms with van der Waals surface area (Å²) in [6, 6.07) is 6.69. The molecule has 0 saturated carbocycles. The van der Waals surface area contributed by atoms with Crippen LogP contribution in [-0.2, 0) is 0 Å². The van der Waals surface area contributed by atoms with Gasteiger partial charge in [0.2, 0.25) is 0 Å². The van der Waals surface area contributed by atoms with Gasteiger partial charge in [-0.2, -0.15) is 0 Å². The number of aryl methyl sites for hydroxylation is 1. The Morgan fingerprint density at radius 2 is 2.06 bits per heavy atom. The fourth-order valence-corrected chi connectivity index (χ4v) is 2.00. The molecular formula is C13H10FN3. The van der Waals surface area contributed by atoms with Crippen LogP contribution in [0.1, 0.15) is 5.56 Å². The highest BCUT2D eigenvalue weighted by molar-refractivity contribution is 5.86. The van der Waals surface area contributed by atoms with Crippen LogP contribution in [-0.4, -0.2) is 15.0 Å². The third-order valence-corrected chi connectivity index (χ3v) is 2.85. The van der Waals surface area contributed by atoms with Gasteiger partial charge >= 0.3 is 0 Å². The largest absolute Gasteiger partial charge is 0.352 e. The second kappa shape index (κ2) is 3.66. The number of hydrogen-bond donors (Lipinski definition) is 1. The van der Waals surface area contributed by atoms with Gasteiger partial charge < -0.3 is 4.98 Å². The monoisotopic (exact) mass is 227 g/mol. The summed E-state index contributed by atoms with van der Waals surface area (Å²) >= 11 is 0. The van der Waals surface area contributed by atoms with Gasteiger partial charge in [0.1, 0.15) is 12.1 Å². The second-order valence-corrected chi connectivity index (χ2v) is 3.89. The SMILES string of the molecule is Cc1c(-c2ccccc2F)[nH]c2cncnc12. The van der Waals surface area contributed by atoms with Crippen LogP contribution in [0.3, 0.4) is 0 Å². The number of aromatic nitrogens is 3. The molecule has 0 unspecified atom stereocenters. The van der Waals surface area contributed by atoms with Gasteiger partial charge in [-0.1, -0.05) is 12.1 Å². The lowest BCUT2D eigenvalue weighted by atomic mass is 10.1. The predicted octanol–water partition coefficient (Wildman–Crippen LogP) is 3.07. The lowest BCUT2D eigenvalue weighted by molar-refractivity contribution is 0.631. The van der Waals surface area contributed by atoms with Crippen LogP contribution in [0.25, 0.3) is 22.3 Å². The number of halogens is 1. The molecule has 2 heterocycles. The number of H-pyrrole nitrogens is 1. The van der Waals surface area contributed by atoms with Crippen LogP contribution < -0.4 is 0 Å². The van der Waals surface area contributed by atoms with E-state index in [1.54, 1.807) is 18.3 Å². The first-order valence-electron chi connectivity index (χ1n) is 5.30. The minimum absolute atomic E-state index is 0.241. The van der Waals surface area contributed by atoms with Crippen molar-refractivity contribution in [2.24, 2.45) is 0 Å². The van der Waals surface area contributed by atoms with Gasteiger partial charge in [0, 0.05) is 11.1 Å². The smallest absolute Gasteiger partial charge is 0.132 e. The molecule has 17 heavy (non-hydrogen) atoms. The van der Waals surface area contributed by atoms with Crippen LogP contribution in [0, 0.1) is 12.7 Å². The number of nitrogens with zero attached hydrogens (tertiary/aromatic N) is 2. The molecule has 0 radical (unpaired) electrons. The number of hydrogen-bond acceptors (Lipinski definition) is 2. The third kappa shape index (κ3) is 1.49. The Hall–Kier alpha value is -2.23. The summed E-state index contributed by atoms with van der Waals surface area (Å²) in [6.45, 7) is 1.92. The minimum atomic E-state index is -0.241. The maximum atomic E-state index is 13.7. The van der Waals surface area contributed by atoms with Crippen molar-refractivity contribution < 1.29 is 4.39 Å². The maximum Gasteiger partial charge on any atom is 0.132 e. The molecule has 0 aliphatic carbocycles. The van der Waals surface area contributed by atoms with E-state index in [1.165, 1.54) is 12.4 Å². The average Bonchev–Trinajstić information content (AvgIpc) is 2.68. The Bertz CT molecular complexity index is 688. The molecule has 3 rings (SSSR count). The number of fused-ring (bicyclic) bond motifs is 1. The quantitative estimate of drug-likeness (QED) is 0.694. The molecule has 0 saturated heterocycles. The molecule has 0 bridgehead atoms. The van der Waals surface area contributed by atoms with E-state index < -0.39 is 0 Å². The molecule has 0 fully saturated rings. The van der Waals surface area contributed by atoms with Crippen LogP contribution in [0.2, 0.25) is 0 Å². The van der Waals surface area contributed by atoms with E-state index in [4.69, 9.17) is 0 Å². The van der Waals surface area contributed by atoms with Gasteiger partial charge in [0.15, 0.2) is 0 Å². The van der Waals surface area contributed by atoms with Crippen LogP contribution >= 0.6 is 0 Å². The van der Waals surface area contributed by atoms with Crippen molar-refractivity contribution in [3.8, 4) is 11.3 Å². The van der Waals surface area contributed by atoms with E-state index in [-0.39, 0.29) is 5.82 Å². The molecule has 0 aliphatic heterocycles. The van der Waals surface area contributed by atoms with Crippen molar-refractivity contribution in [3.05, 3.63) is 48.2 Å². The highest BCUT2D eigenvalue weighted by Crippen LogP contribution is 2.29. The zero-order valence-electron chi connectivity index (χ0n) is 9.24. The molecule has 84 valence electrons. The van der Waals surface area contributed by atoms with Crippen molar-refractivity contribution >= 4 is 11.0 Å². The van der Waals surface area contributed by atoms with Crippen molar-refractivity contribution in [2.45, 2.75) is 6.92 Å². The van der Waals surface area contributed by atoms with Gasteiger partial charge in [-0.25, -0.2) is 14.4 Å². The Morgan fingerprint density at radius 1 is 1.24 bits per heavy atom. The molecule has 0 atom stereocenters. The first-order chi connectivity index (χ1) is 8.27. The summed E-state index contributed by atoms with van der Waals surface area (Å²) in [6.07, 6.45) is 3.19. The van der Waals surface area contributed by atoms with E-state index in [0.29, 0.717) is 5.56 Å². The summed E-state index contributed by atoms with van der Waals surface area (Å²) in [4.78, 5) is 11.3. The maximum absolute atomic E-state index is 13.7. The lowest BCUT2D eigenvalue weighted by Gasteiger charge is -2.01. The molecule has 0 amide bonds. The second-order valence-electron chi connectivity index (χ2n) is 3.89. The molecule has 3 aromatic rings. The zero-order chi connectivity index (χ0) is 11.8. The fraction of sp³-hybridized carbons (Fsp3) is 0.0769. The number of benzene rings is 1. The number of rotatable bonds is 1. The summed E-state index contributed by atoms with van der Waals surface area (Å²) < 4.78 is 13.7. The lowest BCUT2D eigenvalue weighted by Crippen LogP contribution is -1.85. The topological polar surface area (TPSA) is 41.6 Å². The molecule has 1 N–H and O–H groups in total. The van der Waals surface area contributed by atoms with Crippen LogP contribution in [0.4, 0.5) is 4.39 Å². The predicted molar refractivity (Wildman–Crippen MR) is 64.0 cm³/mol. The van der Waals surface area contributed by atoms with Gasteiger partial charge in [0.25, 0.3) is 0 Å². The molecule has 0 aliphatic rings. The Morgan fingerprint density at radius 3 is 2.82 bits per heavy atom. The fourth-order valence-electron chi connectivity index (χ4n) is 2.00. The molecular weight excluding hydrogens is 217 g/mol. The highest BCUT2D eigenvalue weighted by Gasteiger charge is 2.13. The summed E-state index contributed by atoms with van der Waals surface area (Å²) in [5.74, 6) is -0.241. The zero-order valence-corrected chi connectivity index (χ0v) is 9.24. The third-order valence-electron chi connectivity index (χ3n) is 2.85. The van der Waals surface area contributed by atoms with Gasteiger partial charge in [-0.05, 0) is 19.1 Å². The summed E-state index contributed by atoms with van der Waals surface area (Å²) in [7, 11) is 0. The standard InChI is InChI=1S/C13H10FN3/c1-8-12(9-4-2-3-5-10(9)14)17-11-6-15-7-16-13(8)11/h2-7,17H,1H3. The van der Waals surface area contributed by atoms with Crippen molar-refractivity contribution in [3.63, 3.8) is 0 Å². The molecule has 1 aromatic carbocycles. The van der Waals surface area contributed by atoms with E-state index in [9.17, 15) is 4.39 Å². The minimum Gasteiger partial charge on any atom is -0.352 e. The van der Waals surface area contributed by atoms with Gasteiger partial charge in [-0.3, -0.25) is 0 Å². The van der Waals surface area contributed by atoms with E-state index in [2.05, 4.69) is 15.0 Å². The first kappa shape index (κ1) is 9.96. The number of nitrogens with one attached hydrogen (secondary N) is 1. The van der Waals surface area contributed by atoms with Crippen molar-refractivity contribution in [1.82, 2.24) is 15.0 Å². The Balaban J connectivity index is 2.32. The molecule has 4 heteroatoms. The van der Waals surface area contributed by atoms with E-state index >= 15 is 0 Å². The normalized spacial score (nSPS) is 10.9. The van der Waals surface area contributed by atoms with Crippen molar-refractivity contribution in [1.29, 1.82) is 0 Å². The molecule has 2 aromatic heterocycles. The number of aromatic amines is 1. The van der Waals surface area contributed by atoms with Crippen molar-refractivity contribution in [2.75, 3.05) is 0 Å². The molecule has 0 spiro atoms. The molecule has 3 nitrogen and oxygen atoms in total. The average molecular weight is 227 g/mol. The van der Waals surface area contributed by atoms with Gasteiger partial charge in [-0.15, -0.1) is 0 Å².